The first-order valence-corrected chi connectivity index (χ1v) is 9.02. The van der Waals surface area contributed by atoms with Crippen LogP contribution < -0.4 is 10.6 Å². The third-order valence-corrected chi connectivity index (χ3v) is 4.28. The molecule has 0 atom stereocenters. The van der Waals surface area contributed by atoms with Crippen molar-refractivity contribution in [3.8, 4) is 6.07 Å². The van der Waals surface area contributed by atoms with Crippen molar-refractivity contribution in [2.45, 2.75) is 18.4 Å². The van der Waals surface area contributed by atoms with Gasteiger partial charge in [0.25, 0.3) is 16.0 Å². The molecule has 0 aromatic heterocycles. The third kappa shape index (κ3) is 5.44. The molecule has 0 saturated heterocycles. The van der Waals surface area contributed by atoms with Gasteiger partial charge >= 0.3 is 0 Å². The molecule has 7 nitrogen and oxygen atoms in total. The molecule has 0 radical (unpaired) electrons. The topological polar surface area (TPSA) is 119 Å². The van der Waals surface area contributed by atoms with Gasteiger partial charge in [-0.25, -0.2) is 0 Å². The van der Waals surface area contributed by atoms with Crippen molar-refractivity contribution < 1.29 is 17.8 Å². The Labute approximate surface area is 151 Å². The van der Waals surface area contributed by atoms with Crippen LogP contribution in [0.5, 0.6) is 0 Å². The number of benzene rings is 2. The summed E-state index contributed by atoms with van der Waals surface area (Å²) in [6, 6.07) is 14.5. The summed E-state index contributed by atoms with van der Waals surface area (Å²) in [5.41, 5.74) is 2.29. The van der Waals surface area contributed by atoms with Gasteiger partial charge < -0.3 is 10.6 Å². The second-order valence-electron chi connectivity index (χ2n) is 5.49. The van der Waals surface area contributed by atoms with E-state index in [2.05, 4.69) is 10.6 Å². The molecule has 2 aromatic carbocycles. The van der Waals surface area contributed by atoms with Crippen LogP contribution in [0.2, 0.25) is 0 Å². The molecular weight excluding hydrogens is 354 g/mol. The number of nitriles is 1. The maximum atomic E-state index is 12.1. The predicted octanol–water partition coefficient (Wildman–Crippen LogP) is 2.38. The monoisotopic (exact) mass is 371 g/mol. The second-order valence-corrected chi connectivity index (χ2v) is 6.91. The highest BCUT2D eigenvalue weighted by Gasteiger charge is 2.11. The van der Waals surface area contributed by atoms with Crippen LogP contribution in [0, 0.1) is 18.3 Å². The molecule has 0 aliphatic carbocycles. The highest BCUT2D eigenvalue weighted by molar-refractivity contribution is 7.85. The van der Waals surface area contributed by atoms with Gasteiger partial charge in [-0.05, 0) is 36.8 Å². The summed E-state index contributed by atoms with van der Waals surface area (Å²) in [6.07, 6.45) is 1.32. The van der Waals surface area contributed by atoms with Crippen LogP contribution in [0.3, 0.4) is 0 Å². The van der Waals surface area contributed by atoms with Crippen molar-refractivity contribution in [2.75, 3.05) is 5.32 Å². The van der Waals surface area contributed by atoms with Crippen LogP contribution in [0.15, 0.2) is 65.2 Å². The molecule has 0 saturated carbocycles. The van der Waals surface area contributed by atoms with Crippen LogP contribution in [-0.4, -0.2) is 18.9 Å². The smallest absolute Gasteiger partial charge is 0.294 e. The summed E-state index contributed by atoms with van der Waals surface area (Å²) >= 11 is 0. The number of rotatable bonds is 6. The van der Waals surface area contributed by atoms with Gasteiger partial charge in [0.15, 0.2) is 0 Å². The molecule has 0 heterocycles. The van der Waals surface area contributed by atoms with Crippen molar-refractivity contribution >= 4 is 21.7 Å². The molecule has 0 unspecified atom stereocenters. The number of nitrogens with zero attached hydrogens (tertiary/aromatic N) is 1. The zero-order chi connectivity index (χ0) is 19.2. The lowest BCUT2D eigenvalue weighted by molar-refractivity contribution is -0.112. The molecule has 0 fully saturated rings. The van der Waals surface area contributed by atoms with Gasteiger partial charge in [0.2, 0.25) is 0 Å². The van der Waals surface area contributed by atoms with E-state index in [9.17, 15) is 13.2 Å². The first-order chi connectivity index (χ1) is 12.3. The molecular formula is C18H17N3O4S. The third-order valence-electron chi connectivity index (χ3n) is 3.41. The number of aryl methyl sites for hydroxylation is 1. The summed E-state index contributed by atoms with van der Waals surface area (Å²) in [5.74, 6) is -0.635. The van der Waals surface area contributed by atoms with Crippen molar-refractivity contribution in [3.63, 3.8) is 0 Å². The fourth-order valence-electron chi connectivity index (χ4n) is 2.15. The lowest BCUT2D eigenvalue weighted by Gasteiger charge is -2.06. The molecule has 2 aromatic rings. The van der Waals surface area contributed by atoms with Crippen LogP contribution >= 0.6 is 0 Å². The largest absolute Gasteiger partial charge is 0.386 e. The number of hydrogen-bond acceptors (Lipinski definition) is 5. The van der Waals surface area contributed by atoms with Crippen LogP contribution in [0.4, 0.5) is 5.69 Å². The Bertz CT molecular complexity index is 974. The van der Waals surface area contributed by atoms with E-state index in [4.69, 9.17) is 9.81 Å². The van der Waals surface area contributed by atoms with Crippen molar-refractivity contribution in [2.24, 2.45) is 0 Å². The van der Waals surface area contributed by atoms with E-state index in [0.29, 0.717) is 12.2 Å². The van der Waals surface area contributed by atoms with E-state index < -0.39 is 16.0 Å². The maximum absolute atomic E-state index is 12.1. The van der Waals surface area contributed by atoms with Gasteiger partial charge in [0.1, 0.15) is 11.6 Å². The lowest BCUT2D eigenvalue weighted by atomic mass is 10.1. The fourth-order valence-corrected chi connectivity index (χ4v) is 2.63. The Kier molecular flexibility index (Phi) is 6.11. The minimum atomic E-state index is -4.30. The molecule has 8 heteroatoms. The number of hydrogen-bond donors (Lipinski definition) is 3. The normalized spacial score (nSPS) is 11.5. The SMILES string of the molecule is Cc1cccc(CN/C=C(/C#N)C(=O)Nc2ccc(S(=O)(=O)O)cc2)c1. The Morgan fingerprint density at radius 3 is 2.50 bits per heavy atom. The zero-order valence-electron chi connectivity index (χ0n) is 13.9. The molecule has 1 amide bonds. The Morgan fingerprint density at radius 2 is 1.92 bits per heavy atom. The Morgan fingerprint density at radius 1 is 1.23 bits per heavy atom. The lowest BCUT2D eigenvalue weighted by Crippen LogP contribution is -2.16. The van der Waals surface area contributed by atoms with E-state index in [-0.39, 0.29) is 10.5 Å². The molecule has 0 aliphatic heterocycles. The minimum absolute atomic E-state index is 0.128. The molecule has 2 rings (SSSR count). The number of carbonyl (C=O) groups is 1. The summed E-state index contributed by atoms with van der Waals surface area (Å²) in [5, 5.41) is 14.5. The minimum Gasteiger partial charge on any atom is -0.386 e. The summed E-state index contributed by atoms with van der Waals surface area (Å²) < 4.78 is 30.9. The molecule has 3 N–H and O–H groups in total. The summed E-state index contributed by atoms with van der Waals surface area (Å²) in [6.45, 7) is 2.43. The standard InChI is InChI=1S/C18H17N3O4S/c1-13-3-2-4-14(9-13)11-20-12-15(10-19)18(22)21-16-5-7-17(8-6-16)26(23,24)25/h2-9,12,20H,11H2,1H3,(H,21,22)(H,23,24,25)/b15-12-. The number of anilines is 1. The van der Waals surface area contributed by atoms with E-state index in [1.165, 1.54) is 18.3 Å². The zero-order valence-corrected chi connectivity index (χ0v) is 14.7. The van der Waals surface area contributed by atoms with Gasteiger partial charge in [-0.1, -0.05) is 29.8 Å². The van der Waals surface area contributed by atoms with Crippen molar-refractivity contribution in [1.82, 2.24) is 5.32 Å². The van der Waals surface area contributed by atoms with E-state index in [1.807, 2.05) is 31.2 Å². The molecule has 26 heavy (non-hydrogen) atoms. The first kappa shape index (κ1) is 19.2. The van der Waals surface area contributed by atoms with Gasteiger partial charge in [-0.3, -0.25) is 9.35 Å². The van der Waals surface area contributed by atoms with Gasteiger partial charge in [0, 0.05) is 18.4 Å². The van der Waals surface area contributed by atoms with Crippen LogP contribution in [-0.2, 0) is 21.5 Å². The number of nitrogens with one attached hydrogen (secondary N) is 2. The van der Waals surface area contributed by atoms with Crippen molar-refractivity contribution in [3.05, 3.63) is 71.4 Å². The first-order valence-electron chi connectivity index (χ1n) is 7.57. The number of carbonyl (C=O) groups excluding carboxylic acids is 1. The van der Waals surface area contributed by atoms with Crippen molar-refractivity contribution in [1.29, 1.82) is 5.26 Å². The molecule has 134 valence electrons. The van der Waals surface area contributed by atoms with E-state index >= 15 is 0 Å². The summed E-state index contributed by atoms with van der Waals surface area (Å²) in [4.78, 5) is 11.8. The van der Waals surface area contributed by atoms with Crippen LogP contribution in [0.1, 0.15) is 11.1 Å². The average Bonchev–Trinajstić information content (AvgIpc) is 2.58. The van der Waals surface area contributed by atoms with Gasteiger partial charge in [0.05, 0.1) is 4.90 Å². The fraction of sp³-hybridized carbons (Fsp3) is 0.111. The quantitative estimate of drug-likeness (QED) is 0.407. The van der Waals surface area contributed by atoms with Crippen LogP contribution in [0.25, 0.3) is 0 Å². The van der Waals surface area contributed by atoms with E-state index in [1.54, 1.807) is 6.07 Å². The molecule has 0 aliphatic rings. The Hall–Kier alpha value is -3.15. The highest BCUT2D eigenvalue weighted by atomic mass is 32.2. The second kappa shape index (κ2) is 8.29. The average molecular weight is 371 g/mol. The Balaban J connectivity index is 2.00. The molecule has 0 spiro atoms. The maximum Gasteiger partial charge on any atom is 0.294 e. The van der Waals surface area contributed by atoms with Gasteiger partial charge in [-0.15, -0.1) is 0 Å². The number of amides is 1. The van der Waals surface area contributed by atoms with E-state index in [0.717, 1.165) is 23.3 Å². The highest BCUT2D eigenvalue weighted by Crippen LogP contribution is 2.14. The molecule has 0 bridgehead atoms. The van der Waals surface area contributed by atoms with Gasteiger partial charge in [-0.2, -0.15) is 13.7 Å². The predicted molar refractivity (Wildman–Crippen MR) is 96.6 cm³/mol. The summed E-state index contributed by atoms with van der Waals surface area (Å²) in [7, 11) is -4.30.